The number of hydroxylamine groups is 1. The fraction of sp³-hybridized carbons (Fsp3) is 0.333. The summed E-state index contributed by atoms with van der Waals surface area (Å²) in [5.74, 6) is 1.08. The molecule has 2 heterocycles. The van der Waals surface area contributed by atoms with E-state index >= 15 is 0 Å². The van der Waals surface area contributed by atoms with Crippen molar-refractivity contribution >= 4 is 22.6 Å². The highest BCUT2D eigenvalue weighted by atomic mass is 16.5. The Bertz CT molecular complexity index is 1610. The van der Waals surface area contributed by atoms with Crippen LogP contribution in [0.2, 0.25) is 0 Å². The molecule has 2 aromatic heterocycles. The predicted octanol–water partition coefficient (Wildman–Crippen LogP) is 4.84. The third kappa shape index (κ3) is 6.16. The average molecular weight is 540 g/mol. The van der Waals surface area contributed by atoms with E-state index in [1.165, 1.54) is 0 Å². The molecule has 1 atom stereocenters. The molecule has 3 N–H and O–H groups in total. The van der Waals surface area contributed by atoms with Gasteiger partial charge in [0.15, 0.2) is 0 Å². The SMILES string of the molecule is CC[C@H](Nc1nc(C)nc(C)c1C#N)c1nc2cccc(CCCCCC(=O)NO)c2c(=O)n1-c1ccccc1. The Morgan fingerprint density at radius 1 is 1.05 bits per heavy atom. The van der Waals surface area contributed by atoms with E-state index in [9.17, 15) is 14.9 Å². The number of benzene rings is 2. The standard InChI is InChI=1S/C30H33N7O3/c1-4-24(34-28-23(18-31)19(2)32-20(3)33-28)29-35-25-16-11-13-21(12-7-5-10-17-26(38)36-40)27(25)30(39)37(29)22-14-8-6-9-15-22/h6,8-9,11,13-16,24,40H,4-5,7,10,12,17H2,1-3H3,(H,36,38)(H,32,33,34)/t24-/m0/s1. The zero-order valence-electron chi connectivity index (χ0n) is 22.9. The van der Waals surface area contributed by atoms with Crippen molar-refractivity contribution in [2.45, 2.75) is 65.3 Å². The number of unbranched alkanes of at least 4 members (excludes halogenated alkanes) is 2. The summed E-state index contributed by atoms with van der Waals surface area (Å²) in [6.07, 6.45) is 3.70. The molecule has 0 radical (unpaired) electrons. The van der Waals surface area contributed by atoms with Crippen LogP contribution in [0, 0.1) is 25.2 Å². The number of amides is 1. The Labute approximate surface area is 232 Å². The van der Waals surface area contributed by atoms with Gasteiger partial charge >= 0.3 is 0 Å². The zero-order chi connectivity index (χ0) is 28.6. The number of fused-ring (bicyclic) bond motifs is 1. The number of nitriles is 1. The molecule has 10 nitrogen and oxygen atoms in total. The van der Waals surface area contributed by atoms with Crippen molar-refractivity contribution in [1.82, 2.24) is 25.0 Å². The largest absolute Gasteiger partial charge is 0.359 e. The highest BCUT2D eigenvalue weighted by Gasteiger charge is 2.23. The van der Waals surface area contributed by atoms with Gasteiger partial charge in [-0.2, -0.15) is 5.26 Å². The monoisotopic (exact) mass is 539 g/mol. The van der Waals surface area contributed by atoms with E-state index in [1.807, 2.05) is 55.5 Å². The van der Waals surface area contributed by atoms with Gasteiger partial charge in [-0.25, -0.2) is 20.4 Å². The summed E-state index contributed by atoms with van der Waals surface area (Å²) in [4.78, 5) is 39.3. The van der Waals surface area contributed by atoms with Gasteiger partial charge in [0.2, 0.25) is 5.91 Å². The van der Waals surface area contributed by atoms with E-state index in [0.29, 0.717) is 64.6 Å². The van der Waals surface area contributed by atoms with Crippen LogP contribution in [0.4, 0.5) is 5.82 Å². The van der Waals surface area contributed by atoms with Gasteiger partial charge in [0.05, 0.1) is 28.3 Å². The summed E-state index contributed by atoms with van der Waals surface area (Å²) in [6, 6.07) is 16.9. The minimum Gasteiger partial charge on any atom is -0.359 e. The molecule has 0 bridgehead atoms. The second-order valence-electron chi connectivity index (χ2n) is 9.65. The molecule has 0 saturated carbocycles. The van der Waals surface area contributed by atoms with Gasteiger partial charge in [0.1, 0.15) is 29.1 Å². The highest BCUT2D eigenvalue weighted by Crippen LogP contribution is 2.27. The van der Waals surface area contributed by atoms with Crippen molar-refractivity contribution in [3.8, 4) is 11.8 Å². The molecule has 0 fully saturated rings. The summed E-state index contributed by atoms with van der Waals surface area (Å²) in [5.41, 5.74) is 4.61. The van der Waals surface area contributed by atoms with Crippen molar-refractivity contribution < 1.29 is 10.0 Å². The first kappa shape index (κ1) is 28.4. The Morgan fingerprint density at radius 2 is 1.82 bits per heavy atom. The minimum atomic E-state index is -0.417. The van der Waals surface area contributed by atoms with E-state index in [1.54, 1.807) is 23.9 Å². The second-order valence-corrected chi connectivity index (χ2v) is 9.65. The summed E-state index contributed by atoms with van der Waals surface area (Å²) in [6.45, 7) is 5.54. The molecule has 10 heteroatoms. The number of hydrogen-bond acceptors (Lipinski definition) is 8. The van der Waals surface area contributed by atoms with Crippen LogP contribution in [-0.4, -0.2) is 30.6 Å². The van der Waals surface area contributed by atoms with Crippen LogP contribution < -0.4 is 16.4 Å². The smallest absolute Gasteiger partial charge is 0.266 e. The van der Waals surface area contributed by atoms with E-state index in [4.69, 9.17) is 10.2 Å². The normalized spacial score (nSPS) is 11.7. The molecule has 4 rings (SSSR count). The molecule has 0 aliphatic heterocycles. The van der Waals surface area contributed by atoms with Gasteiger partial charge in [0, 0.05) is 6.42 Å². The lowest BCUT2D eigenvalue weighted by Crippen LogP contribution is -2.29. The zero-order valence-corrected chi connectivity index (χ0v) is 22.9. The maximum Gasteiger partial charge on any atom is 0.266 e. The highest BCUT2D eigenvalue weighted by molar-refractivity contribution is 5.82. The number of carbonyl (C=O) groups is 1. The van der Waals surface area contributed by atoms with E-state index in [-0.39, 0.29) is 12.0 Å². The number of anilines is 1. The fourth-order valence-corrected chi connectivity index (χ4v) is 4.88. The lowest BCUT2D eigenvalue weighted by Gasteiger charge is -2.23. The Hall–Kier alpha value is -4.62. The van der Waals surface area contributed by atoms with Gasteiger partial charge in [-0.15, -0.1) is 0 Å². The van der Waals surface area contributed by atoms with Crippen molar-refractivity contribution in [1.29, 1.82) is 5.26 Å². The van der Waals surface area contributed by atoms with E-state index in [0.717, 1.165) is 18.4 Å². The first-order valence-electron chi connectivity index (χ1n) is 13.4. The molecule has 0 spiro atoms. The van der Waals surface area contributed by atoms with Gasteiger partial charge < -0.3 is 5.32 Å². The van der Waals surface area contributed by atoms with Crippen LogP contribution in [0.1, 0.15) is 73.5 Å². The third-order valence-corrected chi connectivity index (χ3v) is 6.84. The maximum absolute atomic E-state index is 14.2. The summed E-state index contributed by atoms with van der Waals surface area (Å²) in [5, 5.41) is 22.4. The molecule has 4 aromatic rings. The molecule has 0 aliphatic rings. The van der Waals surface area contributed by atoms with Crippen LogP contribution in [0.15, 0.2) is 53.3 Å². The van der Waals surface area contributed by atoms with Gasteiger partial charge in [-0.05, 0) is 63.3 Å². The average Bonchev–Trinajstić information content (AvgIpc) is 2.95. The van der Waals surface area contributed by atoms with Gasteiger partial charge in [-0.1, -0.05) is 43.7 Å². The predicted molar refractivity (Wildman–Crippen MR) is 152 cm³/mol. The number of nitrogens with zero attached hydrogens (tertiary/aromatic N) is 5. The van der Waals surface area contributed by atoms with Crippen LogP contribution in [0.25, 0.3) is 16.6 Å². The van der Waals surface area contributed by atoms with Crippen LogP contribution >= 0.6 is 0 Å². The van der Waals surface area contributed by atoms with E-state index < -0.39 is 11.9 Å². The molecule has 0 unspecified atom stereocenters. The molecular formula is C30H33N7O3. The first-order chi connectivity index (χ1) is 19.4. The van der Waals surface area contributed by atoms with Crippen molar-refractivity contribution in [3.63, 3.8) is 0 Å². The van der Waals surface area contributed by atoms with Crippen molar-refractivity contribution in [3.05, 3.63) is 87.4 Å². The van der Waals surface area contributed by atoms with Gasteiger partial charge in [0.25, 0.3) is 5.56 Å². The summed E-state index contributed by atoms with van der Waals surface area (Å²) in [7, 11) is 0. The van der Waals surface area contributed by atoms with E-state index in [2.05, 4.69) is 21.4 Å². The van der Waals surface area contributed by atoms with Crippen LogP contribution in [0.5, 0.6) is 0 Å². The Balaban J connectivity index is 1.79. The fourth-order valence-electron chi connectivity index (χ4n) is 4.88. The summed E-state index contributed by atoms with van der Waals surface area (Å²) >= 11 is 0. The number of aromatic nitrogens is 4. The Kier molecular flexibility index (Phi) is 9.19. The number of hydrogen-bond donors (Lipinski definition) is 3. The molecule has 206 valence electrons. The van der Waals surface area contributed by atoms with Gasteiger partial charge in [-0.3, -0.25) is 19.4 Å². The summed E-state index contributed by atoms with van der Waals surface area (Å²) < 4.78 is 1.64. The lowest BCUT2D eigenvalue weighted by molar-refractivity contribution is -0.129. The topological polar surface area (TPSA) is 146 Å². The lowest BCUT2D eigenvalue weighted by atomic mass is 10.0. The van der Waals surface area contributed by atoms with Crippen molar-refractivity contribution in [2.24, 2.45) is 0 Å². The van der Waals surface area contributed by atoms with Crippen LogP contribution in [-0.2, 0) is 11.2 Å². The van der Waals surface area contributed by atoms with Crippen LogP contribution in [0.3, 0.4) is 0 Å². The maximum atomic E-state index is 14.2. The molecule has 0 saturated heterocycles. The molecule has 0 aliphatic carbocycles. The Morgan fingerprint density at radius 3 is 2.52 bits per heavy atom. The number of carbonyl (C=O) groups excluding carboxylic acids is 1. The quantitative estimate of drug-likeness (QED) is 0.139. The molecular weight excluding hydrogens is 506 g/mol. The number of aryl methyl sites for hydroxylation is 3. The number of para-hydroxylation sites is 1. The molecule has 2 aromatic carbocycles. The second kappa shape index (κ2) is 13.0. The first-order valence-corrected chi connectivity index (χ1v) is 13.4. The number of rotatable bonds is 11. The minimum absolute atomic E-state index is 0.169. The molecule has 1 amide bonds. The molecule has 40 heavy (non-hydrogen) atoms. The third-order valence-electron chi connectivity index (χ3n) is 6.84. The van der Waals surface area contributed by atoms with Crippen molar-refractivity contribution in [2.75, 3.05) is 5.32 Å². The number of nitrogens with one attached hydrogen (secondary N) is 2.